The molecule has 0 aliphatic rings. The molecular weight excluding hydrogens is 216 g/mol. The summed E-state index contributed by atoms with van der Waals surface area (Å²) in [5.74, 6) is 0.422. The van der Waals surface area contributed by atoms with Crippen LogP contribution in [0.1, 0.15) is 27.2 Å². The van der Waals surface area contributed by atoms with Crippen LogP contribution in [0.15, 0.2) is 12.2 Å². The van der Waals surface area contributed by atoms with Crippen molar-refractivity contribution in [2.45, 2.75) is 27.2 Å². The lowest BCUT2D eigenvalue weighted by atomic mass is 9.96. The second kappa shape index (κ2) is 9.19. The monoisotopic (exact) mass is 242 g/mol. The highest BCUT2D eigenvalue weighted by molar-refractivity contribution is 5.78. The molecular formula is C13H26N2O2. The Kier molecular flexibility index (Phi) is 8.72. The van der Waals surface area contributed by atoms with Gasteiger partial charge >= 0.3 is 0 Å². The summed E-state index contributed by atoms with van der Waals surface area (Å²) < 4.78 is 5.29. The van der Waals surface area contributed by atoms with Crippen molar-refractivity contribution >= 4 is 5.91 Å². The normalized spacial score (nSPS) is 12.5. The maximum absolute atomic E-state index is 11.7. The third-order valence-corrected chi connectivity index (χ3v) is 2.31. The van der Waals surface area contributed by atoms with Gasteiger partial charge in [-0.2, -0.15) is 0 Å². The van der Waals surface area contributed by atoms with Gasteiger partial charge in [0.1, 0.15) is 0 Å². The zero-order chi connectivity index (χ0) is 13.3. The molecule has 0 aromatic rings. The summed E-state index contributed by atoms with van der Waals surface area (Å²) >= 11 is 0. The van der Waals surface area contributed by atoms with Gasteiger partial charge in [-0.15, -0.1) is 0 Å². The Hall–Kier alpha value is -0.870. The van der Waals surface area contributed by atoms with Gasteiger partial charge < -0.3 is 15.8 Å². The van der Waals surface area contributed by atoms with Gasteiger partial charge in [0, 0.05) is 13.1 Å². The van der Waals surface area contributed by atoms with Gasteiger partial charge in [-0.25, -0.2) is 0 Å². The van der Waals surface area contributed by atoms with Crippen LogP contribution in [0.2, 0.25) is 0 Å². The molecule has 4 nitrogen and oxygen atoms in total. The Bertz CT molecular complexity index is 240. The minimum absolute atomic E-state index is 0.0279. The maximum Gasteiger partial charge on any atom is 0.224 e. The molecule has 3 N–H and O–H groups in total. The summed E-state index contributed by atoms with van der Waals surface area (Å²) in [5, 5.41) is 2.84. The summed E-state index contributed by atoms with van der Waals surface area (Å²) in [6.45, 7) is 11.8. The Morgan fingerprint density at radius 2 is 2.12 bits per heavy atom. The zero-order valence-electron chi connectivity index (χ0n) is 11.3. The molecule has 0 aliphatic heterocycles. The lowest BCUT2D eigenvalue weighted by Crippen LogP contribution is -2.37. The summed E-state index contributed by atoms with van der Waals surface area (Å²) in [5.41, 5.74) is 6.57. The standard InChI is InChI=1S/C13H26N2O2/c1-10(2)7-12(8-14)13(16)15-5-6-17-9-11(3)4/h10,12H,3,5-9,14H2,1-2,4H3,(H,15,16). The minimum atomic E-state index is -0.0869. The highest BCUT2D eigenvalue weighted by Crippen LogP contribution is 2.10. The van der Waals surface area contributed by atoms with Crippen LogP contribution in [0.25, 0.3) is 0 Å². The Morgan fingerprint density at radius 3 is 2.59 bits per heavy atom. The Morgan fingerprint density at radius 1 is 1.47 bits per heavy atom. The van der Waals surface area contributed by atoms with Crippen LogP contribution in [-0.4, -0.2) is 32.2 Å². The fourth-order valence-corrected chi connectivity index (χ4v) is 1.52. The predicted octanol–water partition coefficient (Wildman–Crippen LogP) is 1.32. The molecule has 0 radical (unpaired) electrons. The van der Waals surface area contributed by atoms with Gasteiger partial charge in [-0.1, -0.05) is 26.0 Å². The van der Waals surface area contributed by atoms with Gasteiger partial charge in [-0.3, -0.25) is 4.79 Å². The molecule has 0 aromatic carbocycles. The molecule has 0 saturated heterocycles. The highest BCUT2D eigenvalue weighted by Gasteiger charge is 2.17. The maximum atomic E-state index is 11.7. The number of carbonyl (C=O) groups is 1. The first-order valence-electron chi connectivity index (χ1n) is 6.17. The molecule has 1 atom stereocenters. The van der Waals surface area contributed by atoms with Crippen LogP contribution >= 0.6 is 0 Å². The van der Waals surface area contributed by atoms with Crippen molar-refractivity contribution in [1.29, 1.82) is 0 Å². The van der Waals surface area contributed by atoms with Gasteiger partial charge in [0.25, 0.3) is 0 Å². The van der Waals surface area contributed by atoms with Crippen molar-refractivity contribution < 1.29 is 9.53 Å². The second-order valence-corrected chi connectivity index (χ2v) is 4.86. The predicted molar refractivity (Wildman–Crippen MR) is 70.6 cm³/mol. The molecule has 17 heavy (non-hydrogen) atoms. The molecule has 0 bridgehead atoms. The van der Waals surface area contributed by atoms with E-state index in [1.54, 1.807) is 0 Å². The average molecular weight is 242 g/mol. The van der Waals surface area contributed by atoms with E-state index in [2.05, 4.69) is 25.7 Å². The largest absolute Gasteiger partial charge is 0.375 e. The number of hydrogen-bond acceptors (Lipinski definition) is 3. The second-order valence-electron chi connectivity index (χ2n) is 4.86. The van der Waals surface area contributed by atoms with Crippen molar-refractivity contribution in [2.24, 2.45) is 17.6 Å². The molecule has 0 aliphatic carbocycles. The summed E-state index contributed by atoms with van der Waals surface area (Å²) in [7, 11) is 0. The van der Waals surface area contributed by atoms with Crippen molar-refractivity contribution in [3.8, 4) is 0 Å². The summed E-state index contributed by atoms with van der Waals surface area (Å²) in [6.07, 6.45) is 0.828. The van der Waals surface area contributed by atoms with Crippen molar-refractivity contribution in [3.63, 3.8) is 0 Å². The minimum Gasteiger partial charge on any atom is -0.375 e. The average Bonchev–Trinajstić information content (AvgIpc) is 2.24. The fourth-order valence-electron chi connectivity index (χ4n) is 1.52. The third kappa shape index (κ3) is 8.89. The van der Waals surface area contributed by atoms with E-state index in [4.69, 9.17) is 10.5 Å². The Balaban J connectivity index is 3.72. The molecule has 100 valence electrons. The number of rotatable bonds is 9. The van der Waals surface area contributed by atoms with Crippen molar-refractivity contribution in [3.05, 3.63) is 12.2 Å². The summed E-state index contributed by atoms with van der Waals surface area (Å²) in [6, 6.07) is 0. The number of hydrogen-bond donors (Lipinski definition) is 2. The first kappa shape index (κ1) is 16.1. The molecule has 1 unspecified atom stereocenters. The summed E-state index contributed by atoms with van der Waals surface area (Å²) in [4.78, 5) is 11.7. The van der Waals surface area contributed by atoms with E-state index in [0.29, 0.717) is 32.2 Å². The smallest absolute Gasteiger partial charge is 0.224 e. The number of ether oxygens (including phenoxy) is 1. The number of nitrogens with two attached hydrogens (primary N) is 1. The molecule has 0 fully saturated rings. The van der Waals surface area contributed by atoms with E-state index in [1.165, 1.54) is 0 Å². The quantitative estimate of drug-likeness (QED) is 0.473. The topological polar surface area (TPSA) is 64.3 Å². The van der Waals surface area contributed by atoms with E-state index in [-0.39, 0.29) is 11.8 Å². The van der Waals surface area contributed by atoms with Crippen LogP contribution in [0, 0.1) is 11.8 Å². The van der Waals surface area contributed by atoms with E-state index in [0.717, 1.165) is 12.0 Å². The van der Waals surface area contributed by atoms with Crippen LogP contribution in [-0.2, 0) is 9.53 Å². The van der Waals surface area contributed by atoms with Crippen molar-refractivity contribution in [1.82, 2.24) is 5.32 Å². The van der Waals surface area contributed by atoms with Crippen LogP contribution in [0.5, 0.6) is 0 Å². The van der Waals surface area contributed by atoms with E-state index in [1.807, 2.05) is 6.92 Å². The SMILES string of the molecule is C=C(C)COCCNC(=O)C(CN)CC(C)C. The number of carbonyl (C=O) groups excluding carboxylic acids is 1. The lowest BCUT2D eigenvalue weighted by Gasteiger charge is -2.16. The van der Waals surface area contributed by atoms with Gasteiger partial charge in [0.15, 0.2) is 0 Å². The molecule has 0 aromatic heterocycles. The molecule has 0 rings (SSSR count). The van der Waals surface area contributed by atoms with E-state index < -0.39 is 0 Å². The van der Waals surface area contributed by atoms with Crippen LogP contribution in [0.3, 0.4) is 0 Å². The van der Waals surface area contributed by atoms with Gasteiger partial charge in [-0.05, 0) is 19.3 Å². The van der Waals surface area contributed by atoms with Crippen LogP contribution in [0.4, 0.5) is 0 Å². The molecule has 0 saturated carbocycles. The molecule has 0 spiro atoms. The fraction of sp³-hybridized carbons (Fsp3) is 0.769. The molecule has 0 heterocycles. The van der Waals surface area contributed by atoms with Gasteiger partial charge in [0.05, 0.1) is 19.1 Å². The molecule has 1 amide bonds. The Labute approximate surface area is 105 Å². The highest BCUT2D eigenvalue weighted by atomic mass is 16.5. The third-order valence-electron chi connectivity index (χ3n) is 2.31. The molecule has 4 heteroatoms. The number of nitrogens with one attached hydrogen (secondary N) is 1. The first-order valence-corrected chi connectivity index (χ1v) is 6.17. The van der Waals surface area contributed by atoms with Crippen molar-refractivity contribution in [2.75, 3.05) is 26.3 Å². The van der Waals surface area contributed by atoms with Gasteiger partial charge in [0.2, 0.25) is 5.91 Å². The van der Waals surface area contributed by atoms with E-state index >= 15 is 0 Å². The number of amides is 1. The zero-order valence-corrected chi connectivity index (χ0v) is 11.3. The first-order chi connectivity index (χ1) is 7.97. The lowest BCUT2D eigenvalue weighted by molar-refractivity contribution is -0.125. The van der Waals surface area contributed by atoms with E-state index in [9.17, 15) is 4.79 Å². The van der Waals surface area contributed by atoms with Crippen LogP contribution < -0.4 is 11.1 Å².